The molecule has 1 aromatic carbocycles. The molecule has 16 heavy (non-hydrogen) atoms. The van der Waals surface area contributed by atoms with Crippen LogP contribution in [-0.2, 0) is 11.2 Å². The Morgan fingerprint density at radius 3 is 2.81 bits per heavy atom. The number of nitrogens with one attached hydrogen (secondary N) is 1. The van der Waals surface area contributed by atoms with Crippen molar-refractivity contribution in [1.29, 1.82) is 0 Å². The van der Waals surface area contributed by atoms with Crippen LogP contribution < -0.4 is 11.1 Å². The van der Waals surface area contributed by atoms with E-state index in [9.17, 15) is 4.79 Å². The zero-order chi connectivity index (χ0) is 11.3. The number of carbonyl (C=O) groups is 1. The Bertz CT molecular complexity index is 343. The quantitative estimate of drug-likeness (QED) is 0.857. The first-order chi connectivity index (χ1) is 7.11. The van der Waals surface area contributed by atoms with Crippen molar-refractivity contribution in [2.75, 3.05) is 12.4 Å². The second-order valence-corrected chi connectivity index (χ2v) is 3.50. The molecule has 0 spiro atoms. The van der Waals surface area contributed by atoms with Crippen LogP contribution in [0.25, 0.3) is 0 Å². The van der Waals surface area contributed by atoms with Crippen LogP contribution in [0.4, 0.5) is 10.5 Å². The summed E-state index contributed by atoms with van der Waals surface area (Å²) in [6.45, 7) is 1.94. The molecule has 0 aliphatic rings. The Kier molecular flexibility index (Phi) is 6.53. The van der Waals surface area contributed by atoms with Crippen LogP contribution in [-0.4, -0.2) is 19.2 Å². The van der Waals surface area contributed by atoms with Crippen molar-refractivity contribution in [3.8, 4) is 0 Å². The summed E-state index contributed by atoms with van der Waals surface area (Å²) in [6, 6.07) is 7.66. The van der Waals surface area contributed by atoms with Crippen molar-refractivity contribution in [2.45, 2.75) is 19.4 Å². The van der Waals surface area contributed by atoms with Crippen molar-refractivity contribution in [3.63, 3.8) is 0 Å². The standard InChI is InChI=1S/C11H16N2O2.ClH/c1-8(12)6-9-4-3-5-10(7-9)13-11(14)15-2;/h3-5,7-8H,6,12H2,1-2H3,(H,13,14);1H. The molecule has 1 rings (SSSR count). The molecule has 3 N–H and O–H groups in total. The van der Waals surface area contributed by atoms with Crippen molar-refractivity contribution in [3.05, 3.63) is 29.8 Å². The smallest absolute Gasteiger partial charge is 0.411 e. The number of methoxy groups -OCH3 is 1. The second-order valence-electron chi connectivity index (χ2n) is 3.50. The van der Waals surface area contributed by atoms with E-state index in [0.29, 0.717) is 0 Å². The van der Waals surface area contributed by atoms with E-state index < -0.39 is 6.09 Å². The molecule has 90 valence electrons. The van der Waals surface area contributed by atoms with Crippen molar-refractivity contribution < 1.29 is 9.53 Å². The molecule has 0 radical (unpaired) electrons. The SMILES string of the molecule is COC(=O)Nc1cccc(CC(C)N)c1.Cl. The van der Waals surface area contributed by atoms with Crippen LogP contribution in [0.2, 0.25) is 0 Å². The van der Waals surface area contributed by atoms with E-state index in [1.165, 1.54) is 7.11 Å². The van der Waals surface area contributed by atoms with Gasteiger partial charge in [-0.2, -0.15) is 0 Å². The fourth-order valence-corrected chi connectivity index (χ4v) is 1.32. The highest BCUT2D eigenvalue weighted by Crippen LogP contribution is 2.12. The van der Waals surface area contributed by atoms with Gasteiger partial charge < -0.3 is 10.5 Å². The molecule has 4 nitrogen and oxygen atoms in total. The first kappa shape index (κ1) is 14.7. The Balaban J connectivity index is 0.00000225. The van der Waals surface area contributed by atoms with Gasteiger partial charge >= 0.3 is 6.09 Å². The summed E-state index contributed by atoms with van der Waals surface area (Å²) in [5.74, 6) is 0. The molecular weight excluding hydrogens is 228 g/mol. The largest absolute Gasteiger partial charge is 0.453 e. The average molecular weight is 245 g/mol. The van der Waals surface area contributed by atoms with E-state index in [2.05, 4.69) is 10.1 Å². The first-order valence-corrected chi connectivity index (χ1v) is 4.81. The maximum Gasteiger partial charge on any atom is 0.411 e. The number of carbonyl (C=O) groups excluding carboxylic acids is 1. The van der Waals surface area contributed by atoms with E-state index in [4.69, 9.17) is 5.73 Å². The van der Waals surface area contributed by atoms with Gasteiger partial charge in [-0.15, -0.1) is 12.4 Å². The summed E-state index contributed by atoms with van der Waals surface area (Å²) in [5.41, 5.74) is 7.51. The summed E-state index contributed by atoms with van der Waals surface area (Å²) in [4.78, 5) is 11.0. The minimum Gasteiger partial charge on any atom is -0.453 e. The lowest BCUT2D eigenvalue weighted by Crippen LogP contribution is -2.18. The van der Waals surface area contributed by atoms with Gasteiger partial charge in [-0.25, -0.2) is 4.79 Å². The topological polar surface area (TPSA) is 64.3 Å². The van der Waals surface area contributed by atoms with E-state index in [-0.39, 0.29) is 18.4 Å². The Morgan fingerprint density at radius 1 is 1.56 bits per heavy atom. The zero-order valence-electron chi connectivity index (χ0n) is 9.40. The highest BCUT2D eigenvalue weighted by Gasteiger charge is 2.02. The summed E-state index contributed by atoms with van der Waals surface area (Å²) in [5, 5.41) is 2.60. The lowest BCUT2D eigenvalue weighted by Gasteiger charge is -2.08. The first-order valence-electron chi connectivity index (χ1n) is 4.81. The molecule has 0 heterocycles. The fraction of sp³-hybridized carbons (Fsp3) is 0.364. The van der Waals surface area contributed by atoms with Gasteiger partial charge in [-0.3, -0.25) is 5.32 Å². The number of anilines is 1. The van der Waals surface area contributed by atoms with Crippen molar-refractivity contribution in [2.24, 2.45) is 5.73 Å². The Hall–Kier alpha value is -1.26. The maximum atomic E-state index is 11.0. The van der Waals surface area contributed by atoms with Crippen LogP contribution in [0, 0.1) is 0 Å². The number of hydrogen-bond donors (Lipinski definition) is 2. The molecule has 1 unspecified atom stereocenters. The molecule has 1 amide bonds. The predicted octanol–water partition coefficient (Wildman–Crippen LogP) is 2.18. The highest BCUT2D eigenvalue weighted by atomic mass is 35.5. The number of amides is 1. The van der Waals surface area contributed by atoms with Gasteiger partial charge in [0.1, 0.15) is 0 Å². The molecule has 1 aromatic rings. The van der Waals surface area contributed by atoms with Gasteiger partial charge in [0.05, 0.1) is 7.11 Å². The Morgan fingerprint density at radius 2 is 2.25 bits per heavy atom. The van der Waals surface area contributed by atoms with Gasteiger partial charge in [-0.05, 0) is 31.0 Å². The number of benzene rings is 1. The van der Waals surface area contributed by atoms with E-state index in [1.807, 2.05) is 31.2 Å². The van der Waals surface area contributed by atoms with Gasteiger partial charge in [0.15, 0.2) is 0 Å². The van der Waals surface area contributed by atoms with E-state index >= 15 is 0 Å². The van der Waals surface area contributed by atoms with Crippen molar-refractivity contribution >= 4 is 24.2 Å². The molecule has 0 saturated heterocycles. The highest BCUT2D eigenvalue weighted by molar-refractivity contribution is 5.85. The zero-order valence-corrected chi connectivity index (χ0v) is 10.2. The molecular formula is C11H17ClN2O2. The summed E-state index contributed by atoms with van der Waals surface area (Å²) in [7, 11) is 1.33. The lowest BCUT2D eigenvalue weighted by molar-refractivity contribution is 0.187. The third-order valence-electron chi connectivity index (χ3n) is 1.92. The minimum atomic E-state index is -0.465. The summed E-state index contributed by atoms with van der Waals surface area (Å²) < 4.78 is 4.50. The van der Waals surface area contributed by atoms with Crippen LogP contribution >= 0.6 is 12.4 Å². The van der Waals surface area contributed by atoms with Crippen LogP contribution in [0.15, 0.2) is 24.3 Å². The average Bonchev–Trinajstić information content (AvgIpc) is 2.17. The van der Waals surface area contributed by atoms with Crippen LogP contribution in [0.3, 0.4) is 0 Å². The number of ether oxygens (including phenoxy) is 1. The number of hydrogen-bond acceptors (Lipinski definition) is 3. The number of nitrogens with two attached hydrogens (primary N) is 1. The molecule has 0 saturated carbocycles. The number of rotatable bonds is 3. The van der Waals surface area contributed by atoms with Gasteiger partial charge in [-0.1, -0.05) is 12.1 Å². The minimum absolute atomic E-state index is 0. The van der Waals surface area contributed by atoms with Crippen LogP contribution in [0.5, 0.6) is 0 Å². The Labute approximate surface area is 102 Å². The van der Waals surface area contributed by atoms with E-state index in [1.54, 1.807) is 0 Å². The molecule has 1 atom stereocenters. The molecule has 0 fully saturated rings. The summed E-state index contributed by atoms with van der Waals surface area (Å²) in [6.07, 6.45) is 0.324. The van der Waals surface area contributed by atoms with Gasteiger partial charge in [0, 0.05) is 11.7 Å². The van der Waals surface area contributed by atoms with Crippen LogP contribution in [0.1, 0.15) is 12.5 Å². The second kappa shape index (κ2) is 7.09. The van der Waals surface area contributed by atoms with E-state index in [0.717, 1.165) is 17.7 Å². The maximum absolute atomic E-state index is 11.0. The fourth-order valence-electron chi connectivity index (χ4n) is 1.32. The molecule has 5 heteroatoms. The third-order valence-corrected chi connectivity index (χ3v) is 1.92. The third kappa shape index (κ3) is 5.00. The molecule has 0 aliphatic heterocycles. The predicted molar refractivity (Wildman–Crippen MR) is 67.1 cm³/mol. The normalized spacial score (nSPS) is 11.2. The molecule has 0 aromatic heterocycles. The number of halogens is 1. The van der Waals surface area contributed by atoms with Gasteiger partial charge in [0.25, 0.3) is 0 Å². The van der Waals surface area contributed by atoms with Gasteiger partial charge in [0.2, 0.25) is 0 Å². The monoisotopic (exact) mass is 244 g/mol. The molecule has 0 bridgehead atoms. The lowest BCUT2D eigenvalue weighted by atomic mass is 10.1. The summed E-state index contributed by atoms with van der Waals surface area (Å²) >= 11 is 0. The van der Waals surface area contributed by atoms with Crippen molar-refractivity contribution in [1.82, 2.24) is 0 Å². The molecule has 0 aliphatic carbocycles.